The van der Waals surface area contributed by atoms with Crippen LogP contribution in [-0.4, -0.2) is 56.8 Å². The summed E-state index contributed by atoms with van der Waals surface area (Å²) in [6, 6.07) is 8.93. The maximum Gasteiger partial charge on any atom is 0.278 e. The molecule has 1 aliphatic heterocycles. The van der Waals surface area contributed by atoms with E-state index < -0.39 is 16.7 Å². The molecule has 0 unspecified atom stereocenters. The molecule has 1 N–H and O–H groups in total. The zero-order valence-corrected chi connectivity index (χ0v) is 15.1. The molecule has 0 bridgehead atoms. The first-order valence-electron chi connectivity index (χ1n) is 8.50. The van der Waals surface area contributed by atoms with Gasteiger partial charge in [0, 0.05) is 38.1 Å². The number of amides is 2. The second-order valence-electron chi connectivity index (χ2n) is 6.23. The lowest BCUT2D eigenvalue weighted by atomic mass is 10.0. The molecule has 9 heteroatoms. The molecule has 0 saturated heterocycles. The zero-order valence-electron chi connectivity index (χ0n) is 15.1. The lowest BCUT2D eigenvalue weighted by Gasteiger charge is -2.20. The van der Waals surface area contributed by atoms with E-state index in [0.717, 1.165) is 4.90 Å². The number of rotatable bonds is 7. The highest BCUT2D eigenvalue weighted by atomic mass is 16.6. The van der Waals surface area contributed by atoms with Crippen LogP contribution < -0.4 is 0 Å². The summed E-state index contributed by atoms with van der Waals surface area (Å²) >= 11 is 0. The molecular formula is C19H18N4O5. The SMILES string of the molecule is CN(CCO)C1=C(c2ccc([N+](=O)[O-])cc2)C(=O)N(Cc2cccnc2)C1=O. The predicted octanol–water partition coefficient (Wildman–Crippen LogP) is 1.19. The quantitative estimate of drug-likeness (QED) is 0.434. The summed E-state index contributed by atoms with van der Waals surface area (Å²) in [5.74, 6) is -0.986. The van der Waals surface area contributed by atoms with Gasteiger partial charge in [-0.3, -0.25) is 29.6 Å². The van der Waals surface area contributed by atoms with Gasteiger partial charge in [0.1, 0.15) is 5.70 Å². The van der Waals surface area contributed by atoms with Crippen molar-refractivity contribution >= 4 is 23.1 Å². The number of hydrogen-bond donors (Lipinski definition) is 1. The summed E-state index contributed by atoms with van der Waals surface area (Å²) in [5.41, 5.74) is 1.28. The Bertz CT molecular complexity index is 941. The molecule has 1 aliphatic rings. The van der Waals surface area contributed by atoms with Crippen molar-refractivity contribution < 1.29 is 19.6 Å². The largest absolute Gasteiger partial charge is 0.395 e. The van der Waals surface area contributed by atoms with Crippen molar-refractivity contribution in [1.29, 1.82) is 0 Å². The number of carbonyl (C=O) groups is 2. The van der Waals surface area contributed by atoms with Crippen LogP contribution in [0.25, 0.3) is 5.57 Å². The monoisotopic (exact) mass is 382 g/mol. The van der Waals surface area contributed by atoms with Crippen molar-refractivity contribution in [2.45, 2.75) is 6.54 Å². The Kier molecular flexibility index (Phi) is 5.46. The number of nitro groups is 1. The number of benzene rings is 1. The van der Waals surface area contributed by atoms with Gasteiger partial charge in [-0.15, -0.1) is 0 Å². The molecule has 9 nitrogen and oxygen atoms in total. The van der Waals surface area contributed by atoms with E-state index in [1.54, 1.807) is 31.6 Å². The van der Waals surface area contributed by atoms with E-state index in [4.69, 9.17) is 0 Å². The standard InChI is InChI=1S/C19H18N4O5/c1-21(9-10-24)17-16(14-4-6-15(7-5-14)23(27)28)18(25)22(19(17)26)12-13-3-2-8-20-11-13/h2-8,11,24H,9-10,12H2,1H3. The first-order chi connectivity index (χ1) is 13.4. The van der Waals surface area contributed by atoms with Gasteiger partial charge < -0.3 is 10.0 Å². The Hall–Kier alpha value is -3.59. The fourth-order valence-electron chi connectivity index (χ4n) is 3.01. The number of carbonyl (C=O) groups excluding carboxylic acids is 2. The molecule has 0 atom stereocenters. The third-order valence-corrected chi connectivity index (χ3v) is 4.39. The van der Waals surface area contributed by atoms with Crippen LogP contribution in [0.3, 0.4) is 0 Å². The van der Waals surface area contributed by atoms with Gasteiger partial charge in [-0.1, -0.05) is 6.07 Å². The second-order valence-corrected chi connectivity index (χ2v) is 6.23. The van der Waals surface area contributed by atoms with E-state index in [1.165, 1.54) is 29.2 Å². The van der Waals surface area contributed by atoms with Gasteiger partial charge in [-0.05, 0) is 29.3 Å². The minimum atomic E-state index is -0.534. The molecule has 0 spiro atoms. The number of likely N-dealkylation sites (N-methyl/N-ethyl adjacent to an activating group) is 1. The van der Waals surface area contributed by atoms with Crippen molar-refractivity contribution in [3.63, 3.8) is 0 Å². The van der Waals surface area contributed by atoms with Crippen LogP contribution in [0.5, 0.6) is 0 Å². The van der Waals surface area contributed by atoms with Gasteiger partial charge in [0.25, 0.3) is 17.5 Å². The second kappa shape index (κ2) is 7.97. The Labute approximate surface area is 160 Å². The maximum atomic E-state index is 13.1. The van der Waals surface area contributed by atoms with Crippen molar-refractivity contribution in [2.75, 3.05) is 20.2 Å². The van der Waals surface area contributed by atoms with E-state index in [0.29, 0.717) is 11.1 Å². The Morgan fingerprint density at radius 3 is 2.46 bits per heavy atom. The van der Waals surface area contributed by atoms with Crippen LogP contribution in [-0.2, 0) is 16.1 Å². The number of aliphatic hydroxyl groups is 1. The molecule has 0 fully saturated rings. The minimum absolute atomic E-state index is 0.0540. The third-order valence-electron chi connectivity index (χ3n) is 4.39. The molecule has 2 amide bonds. The first-order valence-corrected chi connectivity index (χ1v) is 8.50. The molecular weight excluding hydrogens is 364 g/mol. The maximum absolute atomic E-state index is 13.1. The van der Waals surface area contributed by atoms with Crippen molar-refractivity contribution in [1.82, 2.24) is 14.8 Å². The lowest BCUT2D eigenvalue weighted by molar-refractivity contribution is -0.384. The molecule has 2 heterocycles. The predicted molar refractivity (Wildman–Crippen MR) is 99.5 cm³/mol. The Morgan fingerprint density at radius 2 is 1.89 bits per heavy atom. The number of non-ortho nitro benzene ring substituents is 1. The number of nitro benzene ring substituents is 1. The van der Waals surface area contributed by atoms with E-state index in [-0.39, 0.29) is 36.7 Å². The summed E-state index contributed by atoms with van der Waals surface area (Å²) in [5, 5.41) is 20.1. The number of aromatic nitrogens is 1. The zero-order chi connectivity index (χ0) is 20.3. The summed E-state index contributed by atoms with van der Waals surface area (Å²) in [6.07, 6.45) is 3.17. The van der Waals surface area contributed by atoms with Crippen LogP contribution in [0.1, 0.15) is 11.1 Å². The summed E-state index contributed by atoms with van der Waals surface area (Å²) < 4.78 is 0. The molecule has 1 aromatic carbocycles. The molecule has 144 valence electrons. The summed E-state index contributed by atoms with van der Waals surface area (Å²) in [4.78, 5) is 43.0. The molecule has 1 aromatic heterocycles. The van der Waals surface area contributed by atoms with Crippen molar-refractivity contribution in [3.05, 3.63) is 75.7 Å². The van der Waals surface area contributed by atoms with Crippen LogP contribution >= 0.6 is 0 Å². The van der Waals surface area contributed by atoms with Crippen molar-refractivity contribution in [3.8, 4) is 0 Å². The molecule has 0 saturated carbocycles. The highest BCUT2D eigenvalue weighted by Crippen LogP contribution is 2.32. The number of hydrogen-bond acceptors (Lipinski definition) is 7. The minimum Gasteiger partial charge on any atom is -0.395 e. The summed E-state index contributed by atoms with van der Waals surface area (Å²) in [7, 11) is 1.61. The average Bonchev–Trinajstić information content (AvgIpc) is 2.94. The van der Waals surface area contributed by atoms with Gasteiger partial charge in [0.2, 0.25) is 0 Å². The normalized spacial score (nSPS) is 14.0. The van der Waals surface area contributed by atoms with Gasteiger partial charge in [-0.25, -0.2) is 0 Å². The smallest absolute Gasteiger partial charge is 0.278 e. The van der Waals surface area contributed by atoms with Crippen LogP contribution in [0.2, 0.25) is 0 Å². The van der Waals surface area contributed by atoms with Crippen LogP contribution in [0.4, 0.5) is 5.69 Å². The van der Waals surface area contributed by atoms with Gasteiger partial charge in [0.05, 0.1) is 23.6 Å². The average molecular weight is 382 g/mol. The number of imide groups is 1. The fourth-order valence-corrected chi connectivity index (χ4v) is 3.01. The van der Waals surface area contributed by atoms with E-state index >= 15 is 0 Å². The molecule has 28 heavy (non-hydrogen) atoms. The van der Waals surface area contributed by atoms with Crippen LogP contribution in [0.15, 0.2) is 54.5 Å². The van der Waals surface area contributed by atoms with Gasteiger partial charge >= 0.3 is 0 Å². The molecule has 3 rings (SSSR count). The Balaban J connectivity index is 2.02. The fraction of sp³-hybridized carbons (Fsp3) is 0.211. The van der Waals surface area contributed by atoms with Crippen molar-refractivity contribution in [2.24, 2.45) is 0 Å². The number of aliphatic hydroxyl groups excluding tert-OH is 1. The lowest BCUT2D eigenvalue weighted by Crippen LogP contribution is -2.34. The number of pyridine rings is 1. The third kappa shape index (κ3) is 3.60. The molecule has 0 aliphatic carbocycles. The highest BCUT2D eigenvalue weighted by molar-refractivity contribution is 6.35. The van der Waals surface area contributed by atoms with E-state index in [1.807, 2.05) is 0 Å². The number of nitrogens with zero attached hydrogens (tertiary/aromatic N) is 4. The first kappa shape index (κ1) is 19.2. The Morgan fingerprint density at radius 1 is 1.18 bits per heavy atom. The molecule has 0 radical (unpaired) electrons. The van der Waals surface area contributed by atoms with Crippen LogP contribution in [0, 0.1) is 10.1 Å². The van der Waals surface area contributed by atoms with E-state index in [9.17, 15) is 24.8 Å². The highest BCUT2D eigenvalue weighted by Gasteiger charge is 2.40. The van der Waals surface area contributed by atoms with Gasteiger partial charge in [-0.2, -0.15) is 0 Å². The summed E-state index contributed by atoms with van der Waals surface area (Å²) in [6.45, 7) is 0.0155. The van der Waals surface area contributed by atoms with Gasteiger partial charge in [0.15, 0.2) is 0 Å². The van der Waals surface area contributed by atoms with E-state index in [2.05, 4.69) is 4.98 Å². The molecule has 2 aromatic rings. The topological polar surface area (TPSA) is 117 Å².